The van der Waals surface area contributed by atoms with Crippen molar-refractivity contribution in [1.82, 2.24) is 9.88 Å². The third-order valence-corrected chi connectivity index (χ3v) is 5.40. The van der Waals surface area contributed by atoms with E-state index in [0.717, 1.165) is 5.56 Å². The van der Waals surface area contributed by atoms with Crippen LogP contribution in [0.3, 0.4) is 0 Å². The monoisotopic (exact) mass is 380 g/mol. The number of benzene rings is 1. The highest BCUT2D eigenvalue weighted by Crippen LogP contribution is 2.32. The maximum Gasteiger partial charge on any atom is 0.222 e. The SMILES string of the molecule is O=C(c1ccc2c(c1)OCCO2)C1CCN(C(=O)CCc2cccnc2)CC1. The maximum absolute atomic E-state index is 12.9. The third kappa shape index (κ3) is 4.16. The highest BCUT2D eigenvalue weighted by molar-refractivity contribution is 5.98. The number of Topliss-reactive ketones (excluding diaryl/α,β-unsaturated/α-hetero) is 1. The van der Waals surface area contributed by atoms with Gasteiger partial charge in [-0.25, -0.2) is 0 Å². The zero-order valence-electron chi connectivity index (χ0n) is 15.8. The fourth-order valence-corrected chi connectivity index (χ4v) is 3.78. The number of ether oxygens (including phenoxy) is 2. The molecular weight excluding hydrogens is 356 g/mol. The maximum atomic E-state index is 12.9. The van der Waals surface area contributed by atoms with Gasteiger partial charge in [-0.15, -0.1) is 0 Å². The van der Waals surface area contributed by atoms with Gasteiger partial charge < -0.3 is 14.4 Å². The molecule has 3 heterocycles. The number of hydrogen-bond donors (Lipinski definition) is 0. The van der Waals surface area contributed by atoms with E-state index in [1.165, 1.54) is 0 Å². The van der Waals surface area contributed by atoms with E-state index in [4.69, 9.17) is 9.47 Å². The summed E-state index contributed by atoms with van der Waals surface area (Å²) in [7, 11) is 0. The molecule has 0 N–H and O–H groups in total. The number of aromatic nitrogens is 1. The van der Waals surface area contributed by atoms with Crippen LogP contribution in [-0.2, 0) is 11.2 Å². The lowest BCUT2D eigenvalue weighted by molar-refractivity contribution is -0.132. The van der Waals surface area contributed by atoms with Crippen molar-refractivity contribution in [3.63, 3.8) is 0 Å². The van der Waals surface area contributed by atoms with Gasteiger partial charge in [0.25, 0.3) is 0 Å². The van der Waals surface area contributed by atoms with E-state index < -0.39 is 0 Å². The number of carbonyl (C=O) groups excluding carboxylic acids is 2. The molecule has 0 saturated carbocycles. The summed E-state index contributed by atoms with van der Waals surface area (Å²) in [4.78, 5) is 31.3. The molecule has 2 aliphatic rings. The molecule has 0 spiro atoms. The number of aryl methyl sites for hydroxylation is 1. The number of hydrogen-bond acceptors (Lipinski definition) is 5. The fourth-order valence-electron chi connectivity index (χ4n) is 3.78. The van der Waals surface area contributed by atoms with Gasteiger partial charge in [-0.05, 0) is 49.1 Å². The topological polar surface area (TPSA) is 68.7 Å². The van der Waals surface area contributed by atoms with Crippen LogP contribution in [0, 0.1) is 5.92 Å². The Kier molecular flexibility index (Phi) is 5.55. The Labute approximate surface area is 164 Å². The van der Waals surface area contributed by atoms with Crippen LogP contribution in [0.25, 0.3) is 0 Å². The van der Waals surface area contributed by atoms with Crippen LogP contribution in [0.1, 0.15) is 35.2 Å². The summed E-state index contributed by atoms with van der Waals surface area (Å²) in [6.07, 6.45) is 6.10. The van der Waals surface area contributed by atoms with Crippen molar-refractivity contribution >= 4 is 11.7 Å². The summed E-state index contributed by atoms with van der Waals surface area (Å²) < 4.78 is 11.1. The molecule has 0 atom stereocenters. The molecule has 6 heteroatoms. The molecule has 1 amide bonds. The number of fused-ring (bicyclic) bond motifs is 1. The van der Waals surface area contributed by atoms with Crippen LogP contribution >= 0.6 is 0 Å². The Morgan fingerprint density at radius 1 is 1.07 bits per heavy atom. The first-order chi connectivity index (χ1) is 13.7. The average molecular weight is 380 g/mol. The molecule has 0 bridgehead atoms. The molecule has 2 aliphatic heterocycles. The van der Waals surface area contributed by atoms with E-state index in [1.54, 1.807) is 30.6 Å². The predicted octanol–water partition coefficient (Wildman–Crippen LogP) is 2.91. The van der Waals surface area contributed by atoms with E-state index in [1.807, 2.05) is 17.0 Å². The first-order valence-electron chi connectivity index (χ1n) is 9.81. The lowest BCUT2D eigenvalue weighted by Crippen LogP contribution is -2.40. The minimum atomic E-state index is -0.0510. The Morgan fingerprint density at radius 3 is 2.61 bits per heavy atom. The zero-order valence-corrected chi connectivity index (χ0v) is 15.8. The Morgan fingerprint density at radius 2 is 1.86 bits per heavy atom. The van der Waals surface area contributed by atoms with E-state index >= 15 is 0 Å². The van der Waals surface area contributed by atoms with Gasteiger partial charge in [0.15, 0.2) is 17.3 Å². The van der Waals surface area contributed by atoms with Crippen molar-refractivity contribution in [2.24, 2.45) is 5.92 Å². The quantitative estimate of drug-likeness (QED) is 0.746. The minimum absolute atomic E-state index is 0.0510. The van der Waals surface area contributed by atoms with E-state index in [-0.39, 0.29) is 17.6 Å². The molecule has 6 nitrogen and oxygen atoms in total. The molecule has 146 valence electrons. The summed E-state index contributed by atoms with van der Waals surface area (Å²) in [5.41, 5.74) is 1.73. The number of amides is 1. The highest BCUT2D eigenvalue weighted by Gasteiger charge is 2.28. The molecule has 0 radical (unpaired) electrons. The van der Waals surface area contributed by atoms with Gasteiger partial charge >= 0.3 is 0 Å². The van der Waals surface area contributed by atoms with Crippen molar-refractivity contribution in [1.29, 1.82) is 0 Å². The number of ketones is 1. The van der Waals surface area contributed by atoms with Crippen molar-refractivity contribution in [2.45, 2.75) is 25.7 Å². The zero-order chi connectivity index (χ0) is 19.3. The first-order valence-corrected chi connectivity index (χ1v) is 9.81. The first kappa shape index (κ1) is 18.5. The molecule has 1 saturated heterocycles. The number of likely N-dealkylation sites (tertiary alicyclic amines) is 1. The number of carbonyl (C=O) groups is 2. The molecule has 1 fully saturated rings. The van der Waals surface area contributed by atoms with Crippen molar-refractivity contribution in [3.8, 4) is 11.5 Å². The third-order valence-electron chi connectivity index (χ3n) is 5.40. The van der Waals surface area contributed by atoms with Gasteiger partial charge in [0, 0.05) is 43.4 Å². The number of piperidine rings is 1. The van der Waals surface area contributed by atoms with Gasteiger partial charge in [0.05, 0.1) is 0 Å². The predicted molar refractivity (Wildman–Crippen MR) is 104 cm³/mol. The van der Waals surface area contributed by atoms with Gasteiger partial charge in [0.1, 0.15) is 13.2 Å². The van der Waals surface area contributed by atoms with E-state index in [0.29, 0.717) is 69.0 Å². The Hall–Kier alpha value is -2.89. The normalized spacial score (nSPS) is 16.6. The molecule has 28 heavy (non-hydrogen) atoms. The van der Waals surface area contributed by atoms with E-state index in [2.05, 4.69) is 4.98 Å². The lowest BCUT2D eigenvalue weighted by atomic mass is 9.88. The van der Waals surface area contributed by atoms with Crippen LogP contribution in [0.4, 0.5) is 0 Å². The smallest absolute Gasteiger partial charge is 0.222 e. The van der Waals surface area contributed by atoms with E-state index in [9.17, 15) is 9.59 Å². The number of nitrogens with zero attached hydrogens (tertiary/aromatic N) is 2. The molecule has 2 aromatic rings. The van der Waals surface area contributed by atoms with Crippen LogP contribution < -0.4 is 9.47 Å². The minimum Gasteiger partial charge on any atom is -0.486 e. The summed E-state index contributed by atoms with van der Waals surface area (Å²) in [6, 6.07) is 9.26. The second-order valence-corrected chi connectivity index (χ2v) is 7.24. The summed E-state index contributed by atoms with van der Waals surface area (Å²) in [6.45, 7) is 2.30. The van der Waals surface area contributed by atoms with Gasteiger partial charge in [-0.3, -0.25) is 14.6 Å². The number of pyridine rings is 1. The largest absolute Gasteiger partial charge is 0.486 e. The Balaban J connectivity index is 1.30. The van der Waals surface area contributed by atoms with Crippen molar-refractivity contribution in [2.75, 3.05) is 26.3 Å². The molecule has 1 aromatic heterocycles. The molecule has 0 aliphatic carbocycles. The van der Waals surface area contributed by atoms with Crippen LogP contribution in [0.2, 0.25) is 0 Å². The van der Waals surface area contributed by atoms with Gasteiger partial charge in [0.2, 0.25) is 5.91 Å². The molecular formula is C22H24N2O4. The second kappa shape index (κ2) is 8.42. The number of rotatable bonds is 5. The van der Waals surface area contributed by atoms with Crippen LogP contribution in [-0.4, -0.2) is 47.9 Å². The van der Waals surface area contributed by atoms with Crippen LogP contribution in [0.5, 0.6) is 11.5 Å². The fraction of sp³-hybridized carbons (Fsp3) is 0.409. The molecule has 1 aromatic carbocycles. The molecule has 0 unspecified atom stereocenters. The van der Waals surface area contributed by atoms with Gasteiger partial charge in [-0.1, -0.05) is 6.07 Å². The average Bonchev–Trinajstić information content (AvgIpc) is 2.77. The van der Waals surface area contributed by atoms with Crippen molar-refractivity contribution < 1.29 is 19.1 Å². The van der Waals surface area contributed by atoms with Crippen molar-refractivity contribution in [3.05, 3.63) is 53.9 Å². The summed E-state index contributed by atoms with van der Waals surface area (Å²) >= 11 is 0. The van der Waals surface area contributed by atoms with Crippen LogP contribution in [0.15, 0.2) is 42.7 Å². The highest BCUT2D eigenvalue weighted by atomic mass is 16.6. The Bertz CT molecular complexity index is 845. The molecule has 4 rings (SSSR count). The summed E-state index contributed by atoms with van der Waals surface area (Å²) in [5.74, 6) is 1.55. The summed E-state index contributed by atoms with van der Waals surface area (Å²) in [5, 5.41) is 0. The lowest BCUT2D eigenvalue weighted by Gasteiger charge is -2.31. The second-order valence-electron chi connectivity index (χ2n) is 7.24. The standard InChI is InChI=1S/C22H24N2O4/c25-21(6-3-16-2-1-9-23-15-16)24-10-7-17(8-11-24)22(26)18-4-5-19-20(14-18)28-13-12-27-19/h1-2,4-5,9,14-15,17H,3,6-8,10-13H2. The van der Waals surface area contributed by atoms with Gasteiger partial charge in [-0.2, -0.15) is 0 Å².